The van der Waals surface area contributed by atoms with Crippen molar-refractivity contribution in [1.82, 2.24) is 14.8 Å². The zero-order chi connectivity index (χ0) is 13.7. The van der Waals surface area contributed by atoms with Crippen molar-refractivity contribution in [3.05, 3.63) is 35.8 Å². The molecule has 0 fully saturated rings. The lowest BCUT2D eigenvalue weighted by atomic mass is 10.3. The van der Waals surface area contributed by atoms with E-state index in [1.807, 2.05) is 16.8 Å². The Kier molecular flexibility index (Phi) is 4.39. The average molecular weight is 260 g/mol. The summed E-state index contributed by atoms with van der Waals surface area (Å²) >= 11 is 0. The highest BCUT2D eigenvalue weighted by atomic mass is 16.5. The summed E-state index contributed by atoms with van der Waals surface area (Å²) in [5.74, 6) is 0.623. The normalized spacial score (nSPS) is 10.5. The van der Waals surface area contributed by atoms with Crippen molar-refractivity contribution < 1.29 is 4.74 Å². The second kappa shape index (κ2) is 6.22. The third-order valence-electron chi connectivity index (χ3n) is 2.99. The van der Waals surface area contributed by atoms with Gasteiger partial charge in [-0.25, -0.2) is 4.98 Å². The number of rotatable bonds is 6. The van der Waals surface area contributed by atoms with E-state index < -0.39 is 0 Å². The van der Waals surface area contributed by atoms with Gasteiger partial charge in [-0.3, -0.25) is 4.68 Å². The van der Waals surface area contributed by atoms with Crippen LogP contribution in [0.5, 0.6) is 5.88 Å². The van der Waals surface area contributed by atoms with Crippen LogP contribution in [0, 0.1) is 0 Å². The van der Waals surface area contributed by atoms with Crippen LogP contribution in [0.3, 0.4) is 0 Å². The molecule has 5 nitrogen and oxygen atoms in total. The number of hydrogen-bond acceptors (Lipinski definition) is 4. The van der Waals surface area contributed by atoms with Gasteiger partial charge in [0.05, 0.1) is 36.9 Å². The second-order valence-electron chi connectivity index (χ2n) is 4.24. The first-order valence-electron chi connectivity index (χ1n) is 6.56. The first kappa shape index (κ1) is 13.4. The molecular formula is C14H20N4O. The number of anilines is 1. The van der Waals surface area contributed by atoms with Gasteiger partial charge in [-0.05, 0) is 25.5 Å². The van der Waals surface area contributed by atoms with Crippen LogP contribution in [0.4, 0.5) is 5.69 Å². The van der Waals surface area contributed by atoms with E-state index in [2.05, 4.69) is 35.3 Å². The fourth-order valence-corrected chi connectivity index (χ4v) is 1.90. The maximum absolute atomic E-state index is 5.03. The fourth-order valence-electron chi connectivity index (χ4n) is 1.90. The van der Waals surface area contributed by atoms with Crippen LogP contribution in [0.15, 0.2) is 24.4 Å². The molecule has 0 atom stereocenters. The van der Waals surface area contributed by atoms with Crippen molar-refractivity contribution in [2.24, 2.45) is 0 Å². The molecule has 0 aromatic carbocycles. The third kappa shape index (κ3) is 3.24. The van der Waals surface area contributed by atoms with Crippen LogP contribution in [-0.2, 0) is 19.5 Å². The molecule has 0 aliphatic rings. The van der Waals surface area contributed by atoms with Crippen molar-refractivity contribution >= 4 is 5.69 Å². The van der Waals surface area contributed by atoms with E-state index in [0.29, 0.717) is 5.88 Å². The molecule has 0 bridgehead atoms. The molecule has 2 heterocycles. The Labute approximate surface area is 113 Å². The smallest absolute Gasteiger partial charge is 0.213 e. The molecular weight excluding hydrogens is 240 g/mol. The highest BCUT2D eigenvalue weighted by Gasteiger charge is 2.05. The standard InChI is InChI=1S/C14H20N4O/c1-4-11-8-13(18(5-2)17-11)10-15-12-6-7-14(19-3)16-9-12/h6-9,15H,4-5,10H2,1-3H3. The maximum atomic E-state index is 5.03. The van der Waals surface area contributed by atoms with Crippen LogP contribution in [0.2, 0.25) is 0 Å². The topological polar surface area (TPSA) is 52.0 Å². The molecule has 1 N–H and O–H groups in total. The molecule has 102 valence electrons. The summed E-state index contributed by atoms with van der Waals surface area (Å²) in [5, 5.41) is 7.87. The van der Waals surface area contributed by atoms with E-state index in [-0.39, 0.29) is 0 Å². The minimum absolute atomic E-state index is 0.623. The average Bonchev–Trinajstić information content (AvgIpc) is 2.88. The van der Waals surface area contributed by atoms with Gasteiger partial charge in [0, 0.05) is 12.6 Å². The third-order valence-corrected chi connectivity index (χ3v) is 2.99. The summed E-state index contributed by atoms with van der Waals surface area (Å²) in [6.07, 6.45) is 2.73. The predicted molar refractivity (Wildman–Crippen MR) is 75.4 cm³/mol. The largest absolute Gasteiger partial charge is 0.481 e. The summed E-state index contributed by atoms with van der Waals surface area (Å²) in [4.78, 5) is 4.17. The van der Waals surface area contributed by atoms with Gasteiger partial charge < -0.3 is 10.1 Å². The van der Waals surface area contributed by atoms with Gasteiger partial charge >= 0.3 is 0 Å². The van der Waals surface area contributed by atoms with E-state index in [0.717, 1.165) is 30.9 Å². The minimum atomic E-state index is 0.623. The molecule has 5 heteroatoms. The van der Waals surface area contributed by atoms with Crippen LogP contribution in [0.25, 0.3) is 0 Å². The lowest BCUT2D eigenvalue weighted by molar-refractivity contribution is 0.398. The monoisotopic (exact) mass is 260 g/mol. The molecule has 0 saturated heterocycles. The summed E-state index contributed by atoms with van der Waals surface area (Å²) in [6.45, 7) is 5.85. The summed E-state index contributed by atoms with van der Waals surface area (Å²) in [6, 6.07) is 5.95. The van der Waals surface area contributed by atoms with Crippen LogP contribution >= 0.6 is 0 Å². The molecule has 0 radical (unpaired) electrons. The van der Waals surface area contributed by atoms with Gasteiger partial charge in [0.25, 0.3) is 0 Å². The highest BCUT2D eigenvalue weighted by Crippen LogP contribution is 2.13. The molecule has 2 rings (SSSR count). The zero-order valence-corrected chi connectivity index (χ0v) is 11.7. The van der Waals surface area contributed by atoms with E-state index >= 15 is 0 Å². The number of pyridine rings is 1. The Morgan fingerprint density at radius 3 is 2.74 bits per heavy atom. The van der Waals surface area contributed by atoms with E-state index in [9.17, 15) is 0 Å². The first-order valence-corrected chi connectivity index (χ1v) is 6.56. The van der Waals surface area contributed by atoms with Crippen LogP contribution in [0.1, 0.15) is 25.2 Å². The van der Waals surface area contributed by atoms with Gasteiger partial charge in [-0.1, -0.05) is 6.92 Å². The second-order valence-corrected chi connectivity index (χ2v) is 4.24. The van der Waals surface area contributed by atoms with Crippen LogP contribution < -0.4 is 10.1 Å². The van der Waals surface area contributed by atoms with Crippen molar-refractivity contribution in [3.63, 3.8) is 0 Å². The van der Waals surface area contributed by atoms with Crippen molar-refractivity contribution in [2.45, 2.75) is 33.4 Å². The number of hydrogen-bond donors (Lipinski definition) is 1. The molecule has 0 saturated carbocycles. The molecule has 2 aromatic heterocycles. The van der Waals surface area contributed by atoms with Gasteiger partial charge in [-0.2, -0.15) is 5.10 Å². The molecule has 0 amide bonds. The Balaban J connectivity index is 2.02. The van der Waals surface area contributed by atoms with Crippen LogP contribution in [-0.4, -0.2) is 21.9 Å². The summed E-state index contributed by atoms with van der Waals surface area (Å²) in [5.41, 5.74) is 3.30. The molecule has 0 unspecified atom stereocenters. The lowest BCUT2D eigenvalue weighted by Crippen LogP contribution is -2.08. The molecule has 0 spiro atoms. The summed E-state index contributed by atoms with van der Waals surface area (Å²) < 4.78 is 7.06. The van der Waals surface area contributed by atoms with Crippen molar-refractivity contribution in [1.29, 1.82) is 0 Å². The van der Waals surface area contributed by atoms with Gasteiger partial charge in [0.1, 0.15) is 0 Å². The minimum Gasteiger partial charge on any atom is -0.481 e. The number of aromatic nitrogens is 3. The molecule has 0 aliphatic heterocycles. The Bertz CT molecular complexity index is 519. The predicted octanol–water partition coefficient (Wildman–Crippen LogP) is 2.48. The van der Waals surface area contributed by atoms with Gasteiger partial charge in [0.15, 0.2) is 0 Å². The van der Waals surface area contributed by atoms with Gasteiger partial charge in [0.2, 0.25) is 5.88 Å². The van der Waals surface area contributed by atoms with E-state index in [1.54, 1.807) is 13.3 Å². The van der Waals surface area contributed by atoms with Crippen molar-refractivity contribution in [2.75, 3.05) is 12.4 Å². The quantitative estimate of drug-likeness (QED) is 0.867. The Morgan fingerprint density at radius 2 is 2.16 bits per heavy atom. The SMILES string of the molecule is CCc1cc(CNc2ccc(OC)nc2)n(CC)n1. The van der Waals surface area contributed by atoms with Crippen molar-refractivity contribution in [3.8, 4) is 5.88 Å². The number of nitrogens with one attached hydrogen (secondary N) is 1. The number of ether oxygens (including phenoxy) is 1. The molecule has 19 heavy (non-hydrogen) atoms. The Hall–Kier alpha value is -2.04. The number of methoxy groups -OCH3 is 1. The fraction of sp³-hybridized carbons (Fsp3) is 0.429. The molecule has 2 aromatic rings. The number of nitrogens with zero attached hydrogens (tertiary/aromatic N) is 3. The number of aryl methyl sites for hydroxylation is 2. The molecule has 0 aliphatic carbocycles. The first-order chi connectivity index (χ1) is 9.26. The van der Waals surface area contributed by atoms with E-state index in [1.165, 1.54) is 5.69 Å². The summed E-state index contributed by atoms with van der Waals surface area (Å²) in [7, 11) is 1.61. The van der Waals surface area contributed by atoms with E-state index in [4.69, 9.17) is 4.74 Å². The van der Waals surface area contributed by atoms with Gasteiger partial charge in [-0.15, -0.1) is 0 Å². The Morgan fingerprint density at radius 1 is 1.32 bits per heavy atom. The zero-order valence-electron chi connectivity index (χ0n) is 11.7. The highest BCUT2D eigenvalue weighted by molar-refractivity contribution is 5.42. The lowest BCUT2D eigenvalue weighted by Gasteiger charge is -2.08. The maximum Gasteiger partial charge on any atom is 0.213 e.